The van der Waals surface area contributed by atoms with E-state index in [0.29, 0.717) is 31.0 Å². The van der Waals surface area contributed by atoms with E-state index in [9.17, 15) is 8.78 Å². The molecule has 6 heteroatoms. The number of aliphatic imine (C=N–C) groups is 1. The molecule has 2 rings (SSSR count). The molecule has 130 valence electrons. The summed E-state index contributed by atoms with van der Waals surface area (Å²) in [4.78, 5) is 4.44. The van der Waals surface area contributed by atoms with Crippen molar-refractivity contribution in [2.45, 2.75) is 33.2 Å². The van der Waals surface area contributed by atoms with Crippen molar-refractivity contribution in [3.8, 4) is 0 Å². The van der Waals surface area contributed by atoms with Crippen LogP contribution in [0.5, 0.6) is 0 Å². The Morgan fingerprint density at radius 1 is 1.25 bits per heavy atom. The van der Waals surface area contributed by atoms with E-state index in [1.807, 2.05) is 32.9 Å². The van der Waals surface area contributed by atoms with Gasteiger partial charge in [0.1, 0.15) is 23.2 Å². The molecule has 1 unspecified atom stereocenters. The van der Waals surface area contributed by atoms with E-state index in [4.69, 9.17) is 4.42 Å². The summed E-state index contributed by atoms with van der Waals surface area (Å²) >= 11 is 0. The maximum absolute atomic E-state index is 13.6. The maximum Gasteiger partial charge on any atom is 0.191 e. The predicted molar refractivity (Wildman–Crippen MR) is 91.0 cm³/mol. The number of hydrogen-bond donors (Lipinski definition) is 2. The highest BCUT2D eigenvalue weighted by molar-refractivity contribution is 5.80. The number of guanidine groups is 1. The van der Waals surface area contributed by atoms with Crippen LogP contribution >= 0.6 is 0 Å². The molecule has 0 amide bonds. The van der Waals surface area contributed by atoms with Crippen LogP contribution in [0.4, 0.5) is 8.78 Å². The molecule has 1 heterocycles. The molecule has 0 bridgehead atoms. The predicted octanol–water partition coefficient (Wildman–Crippen LogP) is 3.73. The smallest absolute Gasteiger partial charge is 0.191 e. The van der Waals surface area contributed by atoms with Gasteiger partial charge < -0.3 is 15.1 Å². The lowest BCUT2D eigenvalue weighted by Crippen LogP contribution is -2.38. The van der Waals surface area contributed by atoms with Crippen LogP contribution in [0, 0.1) is 18.6 Å². The second kappa shape index (κ2) is 8.47. The molecular weight excluding hydrogens is 312 g/mol. The topological polar surface area (TPSA) is 49.6 Å². The van der Waals surface area contributed by atoms with E-state index in [1.165, 1.54) is 12.1 Å². The zero-order valence-electron chi connectivity index (χ0n) is 14.2. The van der Waals surface area contributed by atoms with Gasteiger partial charge >= 0.3 is 0 Å². The largest absolute Gasteiger partial charge is 0.464 e. The van der Waals surface area contributed by atoms with E-state index < -0.39 is 11.6 Å². The molecule has 1 aromatic heterocycles. The summed E-state index contributed by atoms with van der Waals surface area (Å²) in [5.74, 6) is 1.19. The Morgan fingerprint density at radius 3 is 2.67 bits per heavy atom. The SMILES string of the molecule is CCNC(=NCCc1ccc(F)cc1F)NC(C)c1ccc(C)o1. The molecule has 24 heavy (non-hydrogen) atoms. The third-order valence-electron chi connectivity index (χ3n) is 3.55. The zero-order valence-corrected chi connectivity index (χ0v) is 14.2. The summed E-state index contributed by atoms with van der Waals surface area (Å²) in [6, 6.07) is 7.39. The van der Waals surface area contributed by atoms with E-state index in [0.717, 1.165) is 17.6 Å². The number of nitrogens with zero attached hydrogens (tertiary/aromatic N) is 1. The van der Waals surface area contributed by atoms with Crippen LogP contribution in [-0.2, 0) is 6.42 Å². The Bertz CT molecular complexity index is 697. The van der Waals surface area contributed by atoms with Gasteiger partial charge in [0.15, 0.2) is 5.96 Å². The number of furan rings is 1. The highest BCUT2D eigenvalue weighted by atomic mass is 19.1. The molecule has 2 aromatic rings. The lowest BCUT2D eigenvalue weighted by molar-refractivity contribution is 0.441. The maximum atomic E-state index is 13.6. The van der Waals surface area contributed by atoms with Gasteiger partial charge in [-0.3, -0.25) is 4.99 Å². The Morgan fingerprint density at radius 2 is 2.04 bits per heavy atom. The molecule has 0 aliphatic carbocycles. The lowest BCUT2D eigenvalue weighted by Gasteiger charge is -2.16. The quantitative estimate of drug-likeness (QED) is 0.625. The van der Waals surface area contributed by atoms with Gasteiger partial charge in [-0.15, -0.1) is 0 Å². The van der Waals surface area contributed by atoms with Crippen LogP contribution in [0.1, 0.15) is 37.0 Å². The van der Waals surface area contributed by atoms with Crippen LogP contribution in [0.3, 0.4) is 0 Å². The van der Waals surface area contributed by atoms with Gasteiger partial charge in [0.2, 0.25) is 0 Å². The average Bonchev–Trinajstić information content (AvgIpc) is 2.96. The standard InChI is InChI=1S/C18H23F2N3O/c1-4-21-18(23-13(3)17-8-5-12(2)24-17)22-10-9-14-6-7-15(19)11-16(14)20/h5-8,11,13H,4,9-10H2,1-3H3,(H2,21,22,23). The van der Waals surface area contributed by atoms with Crippen molar-refractivity contribution >= 4 is 5.96 Å². The van der Waals surface area contributed by atoms with E-state index >= 15 is 0 Å². The van der Waals surface area contributed by atoms with Crippen LogP contribution in [0.25, 0.3) is 0 Å². The number of aryl methyl sites for hydroxylation is 1. The molecule has 0 aliphatic heterocycles. The average molecular weight is 335 g/mol. The first-order valence-electron chi connectivity index (χ1n) is 8.04. The molecule has 0 spiro atoms. The lowest BCUT2D eigenvalue weighted by atomic mass is 10.1. The third-order valence-corrected chi connectivity index (χ3v) is 3.55. The Hall–Kier alpha value is -2.37. The van der Waals surface area contributed by atoms with Crippen molar-refractivity contribution in [3.63, 3.8) is 0 Å². The molecule has 0 radical (unpaired) electrons. The summed E-state index contributed by atoms with van der Waals surface area (Å²) in [7, 11) is 0. The first-order valence-corrected chi connectivity index (χ1v) is 8.04. The van der Waals surface area contributed by atoms with E-state index in [1.54, 1.807) is 0 Å². The van der Waals surface area contributed by atoms with Gasteiger partial charge in [-0.1, -0.05) is 6.07 Å². The van der Waals surface area contributed by atoms with Crippen molar-refractivity contribution < 1.29 is 13.2 Å². The van der Waals surface area contributed by atoms with Crippen molar-refractivity contribution in [3.05, 3.63) is 59.1 Å². The minimum absolute atomic E-state index is 0.0425. The molecule has 2 N–H and O–H groups in total. The Labute approximate surface area is 141 Å². The van der Waals surface area contributed by atoms with Gasteiger partial charge in [-0.25, -0.2) is 8.78 Å². The van der Waals surface area contributed by atoms with Crippen LogP contribution in [-0.4, -0.2) is 19.0 Å². The number of hydrogen-bond acceptors (Lipinski definition) is 2. The first kappa shape index (κ1) is 18.0. The van der Waals surface area contributed by atoms with Gasteiger partial charge in [0.25, 0.3) is 0 Å². The minimum Gasteiger partial charge on any atom is -0.464 e. The highest BCUT2D eigenvalue weighted by Crippen LogP contribution is 2.15. The van der Waals surface area contributed by atoms with Gasteiger partial charge in [-0.05, 0) is 51.0 Å². The summed E-state index contributed by atoms with van der Waals surface area (Å²) in [6.07, 6.45) is 0.400. The van der Waals surface area contributed by atoms with Crippen molar-refractivity contribution in [2.24, 2.45) is 4.99 Å². The summed E-state index contributed by atoms with van der Waals surface area (Å²) in [5, 5.41) is 6.39. The highest BCUT2D eigenvalue weighted by Gasteiger charge is 2.11. The van der Waals surface area contributed by atoms with E-state index in [2.05, 4.69) is 15.6 Å². The first-order chi connectivity index (χ1) is 11.5. The van der Waals surface area contributed by atoms with Crippen LogP contribution in [0.2, 0.25) is 0 Å². The third kappa shape index (κ3) is 5.08. The number of rotatable bonds is 6. The minimum atomic E-state index is -0.572. The van der Waals surface area contributed by atoms with Crippen molar-refractivity contribution in [2.75, 3.05) is 13.1 Å². The van der Waals surface area contributed by atoms with E-state index in [-0.39, 0.29) is 6.04 Å². The molecular formula is C18H23F2N3O. The number of benzene rings is 1. The summed E-state index contributed by atoms with van der Waals surface area (Å²) in [6.45, 7) is 6.94. The normalized spacial score (nSPS) is 13.0. The molecule has 0 saturated carbocycles. The zero-order chi connectivity index (χ0) is 17.5. The second-order valence-electron chi connectivity index (χ2n) is 5.56. The van der Waals surface area contributed by atoms with Gasteiger partial charge in [0, 0.05) is 19.2 Å². The number of nitrogens with one attached hydrogen (secondary N) is 2. The Kier molecular flexibility index (Phi) is 6.35. The van der Waals surface area contributed by atoms with Gasteiger partial charge in [-0.2, -0.15) is 0 Å². The molecule has 0 aliphatic rings. The summed E-state index contributed by atoms with van der Waals surface area (Å²) in [5.41, 5.74) is 0.450. The molecule has 1 atom stereocenters. The Balaban J connectivity index is 1.97. The number of halogens is 2. The molecule has 1 aromatic carbocycles. The van der Waals surface area contributed by atoms with Crippen LogP contribution < -0.4 is 10.6 Å². The fraction of sp³-hybridized carbons (Fsp3) is 0.389. The second-order valence-corrected chi connectivity index (χ2v) is 5.56. The van der Waals surface area contributed by atoms with Crippen molar-refractivity contribution in [1.29, 1.82) is 0 Å². The molecule has 0 saturated heterocycles. The summed E-state index contributed by atoms with van der Waals surface area (Å²) < 4.78 is 32.1. The van der Waals surface area contributed by atoms with Crippen LogP contribution in [0.15, 0.2) is 39.7 Å². The molecule has 4 nitrogen and oxygen atoms in total. The monoisotopic (exact) mass is 335 g/mol. The van der Waals surface area contributed by atoms with Crippen molar-refractivity contribution in [1.82, 2.24) is 10.6 Å². The fourth-order valence-corrected chi connectivity index (χ4v) is 2.29. The molecule has 0 fully saturated rings. The van der Waals surface area contributed by atoms with Gasteiger partial charge in [0.05, 0.1) is 6.04 Å². The fourth-order valence-electron chi connectivity index (χ4n) is 2.29.